The zero-order valence-corrected chi connectivity index (χ0v) is 28.1. The molecule has 6 rings (SSSR count). The average Bonchev–Trinajstić information content (AvgIpc) is 3.64. The van der Waals surface area contributed by atoms with E-state index in [-0.39, 0.29) is 72.2 Å². The van der Waals surface area contributed by atoms with Crippen molar-refractivity contribution >= 4 is 66.7 Å². The van der Waals surface area contributed by atoms with Gasteiger partial charge in [0, 0.05) is 35.0 Å². The fourth-order valence-electron chi connectivity index (χ4n) is 4.34. The standard InChI is InChI=1S/2C9H9N3O5S2.2Na/c2*13-9-11-2-1-6(7-4-18-5-10-7)8(3-11)12(9)17-19(14,15)16;;/h2*1,4-5,8H,2-3H2,(H,14,15,16);;/q;;2*+1/p-2. The van der Waals surface area contributed by atoms with Gasteiger partial charge in [0.15, 0.2) is 0 Å². The molecule has 40 heavy (non-hydrogen) atoms. The van der Waals surface area contributed by atoms with E-state index < -0.39 is 44.9 Å². The maximum absolute atomic E-state index is 11.9. The summed E-state index contributed by atoms with van der Waals surface area (Å²) in [4.78, 5) is 34.7. The van der Waals surface area contributed by atoms with Gasteiger partial charge in [0.05, 0.1) is 35.5 Å². The van der Waals surface area contributed by atoms with Gasteiger partial charge in [-0.15, -0.1) is 22.7 Å². The van der Waals surface area contributed by atoms with E-state index >= 15 is 0 Å². The first-order valence-electron chi connectivity index (χ1n) is 10.6. The van der Waals surface area contributed by atoms with E-state index in [0.717, 1.165) is 0 Å². The Bertz CT molecular complexity index is 1400. The van der Waals surface area contributed by atoms with Gasteiger partial charge in [0.2, 0.25) is 20.8 Å². The maximum atomic E-state index is 11.9. The molecule has 2 aromatic heterocycles. The largest absolute Gasteiger partial charge is 1.00 e. The third kappa shape index (κ3) is 7.32. The summed E-state index contributed by atoms with van der Waals surface area (Å²) >= 11 is 2.77. The fraction of sp³-hybridized carbons (Fsp3) is 0.333. The van der Waals surface area contributed by atoms with Gasteiger partial charge in [-0.2, -0.15) is 18.7 Å². The first-order valence-corrected chi connectivity index (χ1v) is 15.1. The predicted octanol–water partition coefficient (Wildman–Crippen LogP) is -5.92. The average molecular weight is 651 g/mol. The number of amides is 4. The van der Waals surface area contributed by atoms with Crippen LogP contribution < -0.4 is 59.1 Å². The fourth-order valence-corrected chi connectivity index (χ4v) is 6.19. The minimum absolute atomic E-state index is 0. The van der Waals surface area contributed by atoms with Crippen LogP contribution in [0.2, 0.25) is 0 Å². The van der Waals surface area contributed by atoms with E-state index in [1.165, 1.54) is 32.5 Å². The monoisotopic (exact) mass is 650 g/mol. The zero-order chi connectivity index (χ0) is 27.2. The minimum Gasteiger partial charge on any atom is -0.724 e. The molecule has 0 spiro atoms. The molecule has 4 bridgehead atoms. The van der Waals surface area contributed by atoms with Crippen LogP contribution in [0.1, 0.15) is 11.4 Å². The second-order valence-electron chi connectivity index (χ2n) is 8.09. The van der Waals surface area contributed by atoms with Crippen molar-refractivity contribution in [2.24, 2.45) is 0 Å². The first kappa shape index (κ1) is 33.5. The Kier molecular flexibility index (Phi) is 11.0. The third-order valence-electron chi connectivity index (χ3n) is 5.85. The van der Waals surface area contributed by atoms with Crippen LogP contribution in [0.4, 0.5) is 9.59 Å². The molecule has 16 nitrogen and oxygen atoms in total. The van der Waals surface area contributed by atoms with E-state index in [4.69, 9.17) is 0 Å². The van der Waals surface area contributed by atoms with E-state index in [2.05, 4.69) is 18.5 Å². The molecule has 0 aliphatic carbocycles. The van der Waals surface area contributed by atoms with Gasteiger partial charge in [-0.05, 0) is 0 Å². The molecular formula is C18H16N6Na2O10S4. The maximum Gasteiger partial charge on any atom is 1.00 e. The number of nitrogens with zero attached hydrogens (tertiary/aromatic N) is 6. The molecule has 2 aromatic rings. The van der Waals surface area contributed by atoms with Crippen LogP contribution in [-0.2, 0) is 29.4 Å². The Labute approximate surface area is 280 Å². The molecule has 0 aromatic carbocycles. The second-order valence-corrected chi connectivity index (χ2v) is 11.5. The van der Waals surface area contributed by atoms with Crippen molar-refractivity contribution in [1.29, 1.82) is 0 Å². The summed E-state index contributed by atoms with van der Waals surface area (Å²) in [5, 5.41) is 4.79. The number of carbonyl (C=O) groups is 2. The molecule has 4 aliphatic heterocycles. The summed E-state index contributed by atoms with van der Waals surface area (Å²) in [6, 6.07) is -2.53. The second kappa shape index (κ2) is 13.1. The number of carbonyl (C=O) groups excluding carboxylic acids is 2. The SMILES string of the molecule is O=C1N2CC=C(c3cscn3)C(C2)N1OS(=O)(=O)[O-].O=C1N2CC=C(c3cscn3)C(C2)N1OS(=O)(=O)[O-].[Na+].[Na+]. The quantitative estimate of drug-likeness (QED) is 0.163. The van der Waals surface area contributed by atoms with Gasteiger partial charge in [0.1, 0.15) is 12.1 Å². The summed E-state index contributed by atoms with van der Waals surface area (Å²) in [5.41, 5.74) is 5.95. The molecule has 2 atom stereocenters. The Balaban J connectivity index is 0.000000210. The molecule has 6 heterocycles. The number of hydrogen-bond acceptors (Lipinski definition) is 14. The topological polar surface area (TPSA) is 206 Å². The van der Waals surface area contributed by atoms with Crippen LogP contribution in [-0.4, -0.2) is 106 Å². The van der Waals surface area contributed by atoms with E-state index in [1.807, 2.05) is 0 Å². The summed E-state index contributed by atoms with van der Waals surface area (Å²) in [7, 11) is -9.98. The molecular weight excluding hydrogens is 634 g/mol. The predicted molar refractivity (Wildman–Crippen MR) is 127 cm³/mol. The van der Waals surface area contributed by atoms with E-state index in [9.17, 15) is 35.5 Å². The van der Waals surface area contributed by atoms with Gasteiger partial charge < -0.3 is 18.9 Å². The molecule has 22 heteroatoms. The van der Waals surface area contributed by atoms with Crippen molar-refractivity contribution in [3.8, 4) is 0 Å². The van der Waals surface area contributed by atoms with E-state index in [1.54, 1.807) is 33.9 Å². The van der Waals surface area contributed by atoms with Crippen molar-refractivity contribution in [2.45, 2.75) is 12.1 Å². The van der Waals surface area contributed by atoms with Gasteiger partial charge in [-0.25, -0.2) is 36.4 Å². The van der Waals surface area contributed by atoms with Crippen molar-refractivity contribution in [2.75, 3.05) is 26.2 Å². The molecule has 204 valence electrons. The Morgan fingerprint density at radius 1 is 0.750 bits per heavy atom. The summed E-state index contributed by atoms with van der Waals surface area (Å²) in [6.07, 6.45) is 3.56. The van der Waals surface area contributed by atoms with Gasteiger partial charge in [0.25, 0.3) is 0 Å². The molecule has 0 N–H and O–H groups in total. The number of urea groups is 2. The number of rotatable bonds is 6. The van der Waals surface area contributed by atoms with Crippen LogP contribution >= 0.6 is 22.7 Å². The van der Waals surface area contributed by atoms with Gasteiger partial charge in [-0.1, -0.05) is 12.2 Å². The van der Waals surface area contributed by atoms with E-state index in [0.29, 0.717) is 45.8 Å². The molecule has 4 amide bonds. The first-order chi connectivity index (χ1) is 17.9. The smallest absolute Gasteiger partial charge is 0.724 e. The number of hydrogen-bond donors (Lipinski definition) is 0. The van der Waals surface area contributed by atoms with Crippen molar-refractivity contribution in [1.82, 2.24) is 29.9 Å². The molecule has 4 aliphatic rings. The van der Waals surface area contributed by atoms with Crippen LogP contribution in [0.15, 0.2) is 33.9 Å². The summed E-state index contributed by atoms with van der Waals surface area (Å²) < 4.78 is 72.6. The number of hydroxylamine groups is 4. The molecule has 2 saturated heterocycles. The Hall–Kier alpha value is -0.980. The van der Waals surface area contributed by atoms with Crippen LogP contribution in [0.5, 0.6) is 0 Å². The third-order valence-corrected chi connectivity index (χ3v) is 7.71. The van der Waals surface area contributed by atoms with Gasteiger partial charge >= 0.3 is 71.2 Å². The van der Waals surface area contributed by atoms with Gasteiger partial charge in [-0.3, -0.25) is 0 Å². The summed E-state index contributed by atoms with van der Waals surface area (Å²) in [5.74, 6) is 0. The number of thiazole rings is 2. The van der Waals surface area contributed by atoms with Crippen molar-refractivity contribution in [3.63, 3.8) is 0 Å². The number of fused-ring (bicyclic) bond motifs is 4. The summed E-state index contributed by atoms with van der Waals surface area (Å²) in [6.45, 7) is 1.22. The Morgan fingerprint density at radius 2 is 1.12 bits per heavy atom. The van der Waals surface area contributed by atoms with Crippen molar-refractivity contribution in [3.05, 3.63) is 45.3 Å². The van der Waals surface area contributed by atoms with Crippen LogP contribution in [0.25, 0.3) is 11.1 Å². The van der Waals surface area contributed by atoms with Crippen LogP contribution in [0.3, 0.4) is 0 Å². The number of aromatic nitrogens is 2. The molecule has 0 radical (unpaired) electrons. The zero-order valence-electron chi connectivity index (χ0n) is 20.8. The molecule has 0 saturated carbocycles. The molecule has 2 fully saturated rings. The Morgan fingerprint density at radius 3 is 1.43 bits per heavy atom. The van der Waals surface area contributed by atoms with Crippen molar-refractivity contribution < 1.29 is 103 Å². The molecule has 2 unspecified atom stereocenters. The normalized spacial score (nSPS) is 21.8. The van der Waals surface area contributed by atoms with Crippen LogP contribution in [0, 0.1) is 0 Å². The minimum atomic E-state index is -4.99.